The van der Waals surface area contributed by atoms with Crippen molar-refractivity contribution in [2.45, 2.75) is 20.1 Å². The lowest BCUT2D eigenvalue weighted by Gasteiger charge is -2.09. The fraction of sp³-hybridized carbons (Fsp3) is 0.120. The topological polar surface area (TPSA) is 56.2 Å². The number of aromatic nitrogens is 2. The van der Waals surface area contributed by atoms with Crippen LogP contribution in [0.3, 0.4) is 0 Å². The van der Waals surface area contributed by atoms with Crippen LogP contribution in [0.25, 0.3) is 0 Å². The summed E-state index contributed by atoms with van der Waals surface area (Å²) in [5.41, 5.74) is 3.80. The number of aryl methyl sites for hydroxylation is 1. The van der Waals surface area contributed by atoms with Crippen LogP contribution >= 0.6 is 23.2 Å². The number of nitrogens with one attached hydrogen (secondary N) is 1. The van der Waals surface area contributed by atoms with E-state index in [0.29, 0.717) is 40.3 Å². The van der Waals surface area contributed by atoms with E-state index in [4.69, 9.17) is 27.9 Å². The molecule has 1 N–H and O–H groups in total. The number of carbonyl (C=O) groups is 1. The van der Waals surface area contributed by atoms with Gasteiger partial charge in [0.15, 0.2) is 5.82 Å². The molecule has 0 bridgehead atoms. The third-order valence-electron chi connectivity index (χ3n) is 4.81. The van der Waals surface area contributed by atoms with Crippen LogP contribution in [-0.2, 0) is 13.2 Å². The van der Waals surface area contributed by atoms with Crippen LogP contribution in [0.4, 0.5) is 5.82 Å². The predicted molar refractivity (Wildman–Crippen MR) is 128 cm³/mol. The normalized spacial score (nSPS) is 10.7. The zero-order valence-electron chi connectivity index (χ0n) is 17.4. The van der Waals surface area contributed by atoms with Gasteiger partial charge in [0.2, 0.25) is 0 Å². The number of benzene rings is 3. The second-order valence-corrected chi connectivity index (χ2v) is 8.25. The van der Waals surface area contributed by atoms with Crippen LogP contribution in [0, 0.1) is 6.92 Å². The lowest BCUT2D eigenvalue weighted by Crippen LogP contribution is -2.13. The van der Waals surface area contributed by atoms with Gasteiger partial charge in [0, 0.05) is 22.8 Å². The van der Waals surface area contributed by atoms with Gasteiger partial charge in [-0.2, -0.15) is 5.10 Å². The first-order valence-corrected chi connectivity index (χ1v) is 10.8. The number of halogens is 2. The Bertz CT molecular complexity index is 1240. The Hall–Kier alpha value is -3.28. The lowest BCUT2D eigenvalue weighted by atomic mass is 10.1. The van der Waals surface area contributed by atoms with E-state index in [2.05, 4.69) is 35.5 Å². The molecule has 0 aliphatic heterocycles. The highest BCUT2D eigenvalue weighted by molar-refractivity contribution is 6.35. The van der Waals surface area contributed by atoms with Gasteiger partial charge in [0.05, 0.1) is 11.6 Å². The van der Waals surface area contributed by atoms with Crippen LogP contribution in [0.5, 0.6) is 5.75 Å². The van der Waals surface area contributed by atoms with Gasteiger partial charge in [0.25, 0.3) is 5.91 Å². The van der Waals surface area contributed by atoms with Crippen molar-refractivity contribution >= 4 is 34.9 Å². The lowest BCUT2D eigenvalue weighted by molar-refractivity contribution is 0.102. The molecule has 4 aromatic rings. The van der Waals surface area contributed by atoms with E-state index in [9.17, 15) is 4.79 Å². The molecule has 7 heteroatoms. The van der Waals surface area contributed by atoms with Crippen LogP contribution in [0.2, 0.25) is 10.0 Å². The highest BCUT2D eigenvalue weighted by Crippen LogP contribution is 2.28. The number of anilines is 1. The van der Waals surface area contributed by atoms with E-state index in [1.807, 2.05) is 24.4 Å². The summed E-state index contributed by atoms with van der Waals surface area (Å²) in [5.74, 6) is 0.839. The van der Waals surface area contributed by atoms with Gasteiger partial charge in [-0.1, -0.05) is 65.2 Å². The molecule has 0 aliphatic carbocycles. The van der Waals surface area contributed by atoms with Crippen molar-refractivity contribution in [2.24, 2.45) is 0 Å². The summed E-state index contributed by atoms with van der Waals surface area (Å²) in [6, 6.07) is 22.3. The van der Waals surface area contributed by atoms with Crippen LogP contribution in [0.1, 0.15) is 27.0 Å². The third kappa shape index (κ3) is 5.69. The van der Waals surface area contributed by atoms with Crippen molar-refractivity contribution in [1.29, 1.82) is 0 Å². The molecule has 0 fully saturated rings. The van der Waals surface area contributed by atoms with Gasteiger partial charge in [-0.3, -0.25) is 9.48 Å². The van der Waals surface area contributed by atoms with Crippen LogP contribution in [0.15, 0.2) is 79.0 Å². The number of nitrogens with zero attached hydrogens (tertiary/aromatic N) is 2. The zero-order valence-corrected chi connectivity index (χ0v) is 18.9. The molecular weight excluding hydrogens is 445 g/mol. The molecule has 1 aromatic heterocycles. The molecule has 32 heavy (non-hydrogen) atoms. The Morgan fingerprint density at radius 2 is 1.81 bits per heavy atom. The summed E-state index contributed by atoms with van der Waals surface area (Å²) >= 11 is 12.0. The Morgan fingerprint density at radius 3 is 2.56 bits per heavy atom. The summed E-state index contributed by atoms with van der Waals surface area (Å²) in [6.07, 6.45) is 1.85. The Kier molecular flexibility index (Phi) is 6.78. The number of carbonyl (C=O) groups excluding carboxylic acids is 1. The Balaban J connectivity index is 1.33. The van der Waals surface area contributed by atoms with E-state index >= 15 is 0 Å². The summed E-state index contributed by atoms with van der Waals surface area (Å²) in [6.45, 7) is 3.03. The second kappa shape index (κ2) is 9.90. The van der Waals surface area contributed by atoms with Gasteiger partial charge < -0.3 is 10.1 Å². The Labute approximate surface area is 196 Å². The van der Waals surface area contributed by atoms with Crippen molar-refractivity contribution in [1.82, 2.24) is 9.78 Å². The molecule has 0 saturated carbocycles. The molecule has 0 saturated heterocycles. The largest absolute Gasteiger partial charge is 0.487 e. The average molecular weight is 466 g/mol. The fourth-order valence-electron chi connectivity index (χ4n) is 3.21. The molecule has 5 nitrogen and oxygen atoms in total. The molecule has 4 rings (SSSR count). The molecule has 0 radical (unpaired) electrons. The maximum Gasteiger partial charge on any atom is 0.256 e. The smallest absolute Gasteiger partial charge is 0.256 e. The van der Waals surface area contributed by atoms with Crippen molar-refractivity contribution < 1.29 is 9.53 Å². The van der Waals surface area contributed by atoms with Gasteiger partial charge >= 0.3 is 0 Å². The molecule has 0 unspecified atom stereocenters. The zero-order chi connectivity index (χ0) is 22.5. The van der Waals surface area contributed by atoms with Crippen molar-refractivity contribution in [2.75, 3.05) is 5.32 Å². The van der Waals surface area contributed by atoms with E-state index in [1.165, 1.54) is 5.56 Å². The maximum absolute atomic E-state index is 12.6. The highest BCUT2D eigenvalue weighted by Gasteiger charge is 2.09. The van der Waals surface area contributed by atoms with Crippen LogP contribution < -0.4 is 10.1 Å². The number of amides is 1. The van der Waals surface area contributed by atoms with Crippen molar-refractivity contribution in [3.8, 4) is 5.75 Å². The van der Waals surface area contributed by atoms with E-state index in [-0.39, 0.29) is 5.91 Å². The minimum atomic E-state index is -0.223. The predicted octanol–water partition coefficient (Wildman–Crippen LogP) is 6.38. The van der Waals surface area contributed by atoms with Gasteiger partial charge in [0.1, 0.15) is 12.4 Å². The Morgan fingerprint density at radius 1 is 1.00 bits per heavy atom. The number of hydrogen-bond donors (Lipinski definition) is 1. The third-order valence-corrected chi connectivity index (χ3v) is 5.34. The molecule has 0 atom stereocenters. The molecule has 0 spiro atoms. The molecule has 1 amide bonds. The monoisotopic (exact) mass is 465 g/mol. The fourth-order valence-corrected chi connectivity index (χ4v) is 3.67. The first-order chi connectivity index (χ1) is 15.5. The molecule has 0 aliphatic rings. The maximum atomic E-state index is 12.6. The van der Waals surface area contributed by atoms with E-state index in [0.717, 1.165) is 11.1 Å². The van der Waals surface area contributed by atoms with Gasteiger partial charge in [-0.15, -0.1) is 0 Å². The van der Waals surface area contributed by atoms with E-state index < -0.39 is 0 Å². The summed E-state index contributed by atoms with van der Waals surface area (Å²) in [5, 5.41) is 8.28. The quantitative estimate of drug-likeness (QED) is 0.344. The van der Waals surface area contributed by atoms with Gasteiger partial charge in [-0.05, 0) is 48.4 Å². The standard InChI is InChI=1S/C25H21Cl2N3O2/c1-17-3-2-4-19(13-17)15-30-12-11-24(29-30)28-25(31)20-7-5-18(6-8-20)16-32-23-10-9-21(26)14-22(23)27/h2-14H,15-16H2,1H3,(H,28,29,31). The number of ether oxygens (including phenoxy) is 1. The number of rotatable bonds is 7. The van der Waals surface area contributed by atoms with Crippen molar-refractivity contribution in [3.05, 3.63) is 111 Å². The minimum Gasteiger partial charge on any atom is -0.487 e. The minimum absolute atomic E-state index is 0.223. The summed E-state index contributed by atoms with van der Waals surface area (Å²) in [4.78, 5) is 12.6. The SMILES string of the molecule is Cc1cccc(Cn2ccc(NC(=O)c3ccc(COc4ccc(Cl)cc4Cl)cc3)n2)c1. The molecular formula is C25H21Cl2N3O2. The van der Waals surface area contributed by atoms with Crippen LogP contribution in [-0.4, -0.2) is 15.7 Å². The highest BCUT2D eigenvalue weighted by atomic mass is 35.5. The summed E-state index contributed by atoms with van der Waals surface area (Å²) in [7, 11) is 0. The molecule has 162 valence electrons. The second-order valence-electron chi connectivity index (χ2n) is 7.40. The molecule has 1 heterocycles. The average Bonchev–Trinajstić information content (AvgIpc) is 3.20. The first kappa shape index (κ1) is 21.9. The van der Waals surface area contributed by atoms with E-state index in [1.54, 1.807) is 41.1 Å². The van der Waals surface area contributed by atoms with Crippen molar-refractivity contribution in [3.63, 3.8) is 0 Å². The first-order valence-electron chi connectivity index (χ1n) is 10.0. The summed E-state index contributed by atoms with van der Waals surface area (Å²) < 4.78 is 7.53. The van der Waals surface area contributed by atoms with Gasteiger partial charge in [-0.25, -0.2) is 0 Å². The molecule has 3 aromatic carbocycles. The number of hydrogen-bond acceptors (Lipinski definition) is 3.